The highest BCUT2D eigenvalue weighted by Crippen LogP contribution is 2.08. The molecule has 1 aliphatic rings. The Kier molecular flexibility index (Phi) is 3.50. The summed E-state index contributed by atoms with van der Waals surface area (Å²) in [7, 11) is 0. The number of amides is 2. The molecule has 0 aromatic carbocycles. The standard InChI is InChI=1S/C9H14N2O3/c1-2-3-7(8(12)13)6-11-5-4-10-9(11)14/h6H,2-5H2,1H3,(H,10,14)(H,12,13). The summed E-state index contributed by atoms with van der Waals surface area (Å²) in [5.74, 6) is -0.952. The number of hydrogen-bond donors (Lipinski definition) is 2. The molecule has 14 heavy (non-hydrogen) atoms. The molecular formula is C9H14N2O3. The van der Waals surface area contributed by atoms with Crippen molar-refractivity contribution >= 4 is 12.0 Å². The van der Waals surface area contributed by atoms with Crippen LogP contribution in [0.2, 0.25) is 0 Å². The number of urea groups is 1. The van der Waals surface area contributed by atoms with Crippen molar-refractivity contribution in [2.24, 2.45) is 0 Å². The van der Waals surface area contributed by atoms with E-state index in [0.717, 1.165) is 6.42 Å². The van der Waals surface area contributed by atoms with Crippen molar-refractivity contribution in [3.05, 3.63) is 11.8 Å². The first-order valence-electron chi connectivity index (χ1n) is 4.63. The van der Waals surface area contributed by atoms with Gasteiger partial charge >= 0.3 is 12.0 Å². The second-order valence-corrected chi connectivity index (χ2v) is 3.13. The van der Waals surface area contributed by atoms with Crippen molar-refractivity contribution in [2.75, 3.05) is 13.1 Å². The zero-order valence-corrected chi connectivity index (χ0v) is 8.12. The maximum absolute atomic E-state index is 11.1. The van der Waals surface area contributed by atoms with Crippen molar-refractivity contribution < 1.29 is 14.7 Å². The Morgan fingerprint density at radius 3 is 2.86 bits per heavy atom. The zero-order chi connectivity index (χ0) is 10.6. The van der Waals surface area contributed by atoms with Gasteiger partial charge in [-0.3, -0.25) is 4.90 Å². The fourth-order valence-corrected chi connectivity index (χ4v) is 1.29. The summed E-state index contributed by atoms with van der Waals surface area (Å²) in [5.41, 5.74) is 0.282. The Morgan fingerprint density at radius 2 is 2.43 bits per heavy atom. The largest absolute Gasteiger partial charge is 0.478 e. The van der Waals surface area contributed by atoms with Crippen molar-refractivity contribution in [3.8, 4) is 0 Å². The smallest absolute Gasteiger partial charge is 0.333 e. The van der Waals surface area contributed by atoms with Crippen LogP contribution in [0.1, 0.15) is 19.8 Å². The molecule has 1 fully saturated rings. The molecule has 2 amide bonds. The van der Waals surface area contributed by atoms with Crippen LogP contribution in [0.5, 0.6) is 0 Å². The van der Waals surface area contributed by atoms with Crippen LogP contribution in [0.15, 0.2) is 11.8 Å². The van der Waals surface area contributed by atoms with Gasteiger partial charge in [-0.15, -0.1) is 0 Å². The maximum Gasteiger partial charge on any atom is 0.333 e. The Morgan fingerprint density at radius 1 is 1.71 bits per heavy atom. The Labute approximate surface area is 82.4 Å². The lowest BCUT2D eigenvalue weighted by molar-refractivity contribution is -0.132. The fourth-order valence-electron chi connectivity index (χ4n) is 1.29. The van der Waals surface area contributed by atoms with Crippen LogP contribution in [0, 0.1) is 0 Å². The van der Waals surface area contributed by atoms with Crippen LogP contribution >= 0.6 is 0 Å². The van der Waals surface area contributed by atoms with E-state index in [0.29, 0.717) is 19.5 Å². The quantitative estimate of drug-likeness (QED) is 0.656. The number of carboxylic acids is 1. The summed E-state index contributed by atoms with van der Waals surface area (Å²) in [5, 5.41) is 11.4. The second kappa shape index (κ2) is 4.64. The first-order chi connectivity index (χ1) is 6.65. The lowest BCUT2D eigenvalue weighted by atomic mass is 10.1. The van der Waals surface area contributed by atoms with Crippen LogP contribution in [0.25, 0.3) is 0 Å². The van der Waals surface area contributed by atoms with Gasteiger partial charge in [0, 0.05) is 19.3 Å². The topological polar surface area (TPSA) is 69.6 Å². The van der Waals surface area contributed by atoms with Gasteiger partial charge in [-0.05, 0) is 6.42 Å². The van der Waals surface area contributed by atoms with Crippen LogP contribution < -0.4 is 5.32 Å². The van der Waals surface area contributed by atoms with Gasteiger partial charge in [0.05, 0.1) is 5.57 Å². The van der Waals surface area contributed by atoms with Crippen molar-refractivity contribution in [1.29, 1.82) is 0 Å². The van der Waals surface area contributed by atoms with E-state index in [1.165, 1.54) is 11.1 Å². The van der Waals surface area contributed by atoms with E-state index >= 15 is 0 Å². The third-order valence-electron chi connectivity index (χ3n) is 2.00. The first-order valence-corrected chi connectivity index (χ1v) is 4.63. The first kappa shape index (κ1) is 10.6. The van der Waals surface area contributed by atoms with Gasteiger partial charge in [-0.2, -0.15) is 0 Å². The molecule has 0 unspecified atom stereocenters. The summed E-state index contributed by atoms with van der Waals surface area (Å²) < 4.78 is 0. The zero-order valence-electron chi connectivity index (χ0n) is 8.12. The van der Waals surface area contributed by atoms with Crippen molar-refractivity contribution in [2.45, 2.75) is 19.8 Å². The van der Waals surface area contributed by atoms with E-state index in [1.807, 2.05) is 6.92 Å². The maximum atomic E-state index is 11.1. The van der Waals surface area contributed by atoms with Crippen molar-refractivity contribution in [1.82, 2.24) is 10.2 Å². The fraction of sp³-hybridized carbons (Fsp3) is 0.556. The van der Waals surface area contributed by atoms with Crippen molar-refractivity contribution in [3.63, 3.8) is 0 Å². The number of nitrogens with zero attached hydrogens (tertiary/aromatic N) is 1. The molecule has 0 atom stereocenters. The van der Waals surface area contributed by atoms with E-state index in [9.17, 15) is 9.59 Å². The molecule has 1 heterocycles. The monoisotopic (exact) mass is 198 g/mol. The van der Waals surface area contributed by atoms with Gasteiger partial charge in [0.1, 0.15) is 0 Å². The molecule has 0 aromatic rings. The molecule has 1 aliphatic heterocycles. The lowest BCUT2D eigenvalue weighted by Gasteiger charge is -2.09. The summed E-state index contributed by atoms with van der Waals surface area (Å²) in [6, 6.07) is -0.222. The molecule has 5 heteroatoms. The number of carbonyl (C=O) groups is 2. The highest BCUT2D eigenvalue weighted by molar-refractivity contribution is 5.87. The minimum Gasteiger partial charge on any atom is -0.478 e. The van der Waals surface area contributed by atoms with Crippen LogP contribution in [-0.2, 0) is 4.79 Å². The predicted octanol–water partition coefficient (Wildman–Crippen LogP) is 0.780. The highest BCUT2D eigenvalue weighted by atomic mass is 16.4. The lowest BCUT2D eigenvalue weighted by Crippen LogP contribution is -2.24. The third-order valence-corrected chi connectivity index (χ3v) is 2.00. The minimum atomic E-state index is -0.952. The molecule has 0 saturated carbocycles. The molecule has 78 valence electrons. The minimum absolute atomic E-state index is 0.222. The molecule has 1 saturated heterocycles. The second-order valence-electron chi connectivity index (χ2n) is 3.13. The van der Waals surface area contributed by atoms with Gasteiger partial charge in [0.25, 0.3) is 0 Å². The molecule has 0 aromatic heterocycles. The van der Waals surface area contributed by atoms with Gasteiger partial charge < -0.3 is 10.4 Å². The molecule has 0 radical (unpaired) electrons. The van der Waals surface area contributed by atoms with E-state index in [4.69, 9.17) is 5.11 Å². The van der Waals surface area contributed by atoms with E-state index in [-0.39, 0.29) is 11.6 Å². The van der Waals surface area contributed by atoms with Gasteiger partial charge in [0.15, 0.2) is 0 Å². The number of rotatable bonds is 4. The number of carbonyl (C=O) groups excluding carboxylic acids is 1. The van der Waals surface area contributed by atoms with E-state index < -0.39 is 5.97 Å². The number of aliphatic carboxylic acids is 1. The SMILES string of the molecule is CCCC(=CN1CCNC1=O)C(=O)O. The molecular weight excluding hydrogens is 184 g/mol. The molecule has 0 spiro atoms. The third kappa shape index (κ3) is 2.48. The van der Waals surface area contributed by atoms with Gasteiger partial charge in [-0.1, -0.05) is 13.3 Å². The molecule has 2 N–H and O–H groups in total. The number of carboxylic acid groups (broad SMARTS) is 1. The molecule has 0 bridgehead atoms. The number of nitrogens with one attached hydrogen (secondary N) is 1. The normalized spacial score (nSPS) is 17.1. The van der Waals surface area contributed by atoms with E-state index in [1.54, 1.807) is 0 Å². The average Bonchev–Trinajstić information content (AvgIpc) is 2.51. The summed E-state index contributed by atoms with van der Waals surface area (Å²) >= 11 is 0. The number of hydrogen-bond acceptors (Lipinski definition) is 2. The molecule has 1 rings (SSSR count). The Balaban J connectivity index is 2.70. The Bertz CT molecular complexity index is 273. The molecule has 5 nitrogen and oxygen atoms in total. The van der Waals surface area contributed by atoms with Crippen LogP contribution in [-0.4, -0.2) is 35.1 Å². The summed E-state index contributed by atoms with van der Waals surface area (Å²) in [4.78, 5) is 23.3. The van der Waals surface area contributed by atoms with Gasteiger partial charge in [-0.25, -0.2) is 9.59 Å². The molecule has 0 aliphatic carbocycles. The van der Waals surface area contributed by atoms with Crippen LogP contribution in [0.3, 0.4) is 0 Å². The summed E-state index contributed by atoms with van der Waals surface area (Å²) in [6.45, 7) is 3.02. The highest BCUT2D eigenvalue weighted by Gasteiger charge is 2.19. The predicted molar refractivity (Wildman–Crippen MR) is 50.7 cm³/mol. The summed E-state index contributed by atoms with van der Waals surface area (Å²) in [6.07, 6.45) is 2.67. The van der Waals surface area contributed by atoms with Gasteiger partial charge in [0.2, 0.25) is 0 Å². The Hall–Kier alpha value is -1.52. The average molecular weight is 198 g/mol. The van der Waals surface area contributed by atoms with E-state index in [2.05, 4.69) is 5.32 Å². The van der Waals surface area contributed by atoms with Crippen LogP contribution in [0.4, 0.5) is 4.79 Å².